The van der Waals surface area contributed by atoms with Gasteiger partial charge >= 0.3 is 0 Å². The van der Waals surface area contributed by atoms with E-state index in [9.17, 15) is 5.11 Å². The van der Waals surface area contributed by atoms with Crippen molar-refractivity contribution < 1.29 is 5.11 Å². The second kappa shape index (κ2) is 4.09. The van der Waals surface area contributed by atoms with Crippen LogP contribution in [0, 0.1) is 0 Å². The molecule has 0 spiro atoms. The van der Waals surface area contributed by atoms with Crippen LogP contribution in [0.25, 0.3) is 6.08 Å². The van der Waals surface area contributed by atoms with E-state index in [4.69, 9.17) is 0 Å². The van der Waals surface area contributed by atoms with Gasteiger partial charge in [0.05, 0.1) is 0 Å². The van der Waals surface area contributed by atoms with Crippen LogP contribution in [0.3, 0.4) is 0 Å². The Balaban J connectivity index is 2.86. The number of thioether (sulfide) groups is 1. The van der Waals surface area contributed by atoms with Gasteiger partial charge in [0.2, 0.25) is 0 Å². The highest BCUT2D eigenvalue weighted by Crippen LogP contribution is 2.17. The molecule has 1 aromatic carbocycles. The molecule has 0 aliphatic rings. The first kappa shape index (κ1) is 8.21. The Morgan fingerprint density at radius 2 is 2.09 bits per heavy atom. The lowest BCUT2D eigenvalue weighted by molar-refractivity contribution is 0.474. The lowest BCUT2D eigenvalue weighted by atomic mass is 10.2. The molecule has 0 amide bonds. The van der Waals surface area contributed by atoms with Gasteiger partial charge in [-0.15, -0.1) is 11.8 Å². The standard InChI is InChI=1S/C9H10OS/c1-11-7-6-8-4-2-3-5-9(8)10/h2-7,10H,1H3/b7-6+. The summed E-state index contributed by atoms with van der Waals surface area (Å²) in [6.07, 6.45) is 3.87. The van der Waals surface area contributed by atoms with E-state index in [2.05, 4.69) is 0 Å². The van der Waals surface area contributed by atoms with Gasteiger partial charge < -0.3 is 5.11 Å². The zero-order chi connectivity index (χ0) is 8.10. The van der Waals surface area contributed by atoms with Gasteiger partial charge in [0, 0.05) is 5.56 Å². The number of hydrogen-bond acceptors (Lipinski definition) is 2. The van der Waals surface area contributed by atoms with Crippen molar-refractivity contribution in [1.29, 1.82) is 0 Å². The van der Waals surface area contributed by atoms with Gasteiger partial charge in [-0.05, 0) is 23.8 Å². The van der Waals surface area contributed by atoms with Gasteiger partial charge in [0.1, 0.15) is 5.75 Å². The molecule has 1 nitrogen and oxygen atoms in total. The maximum Gasteiger partial charge on any atom is 0.122 e. The molecule has 2 heteroatoms. The zero-order valence-corrected chi connectivity index (χ0v) is 7.14. The van der Waals surface area contributed by atoms with Crippen molar-refractivity contribution in [3.8, 4) is 5.75 Å². The molecule has 0 saturated heterocycles. The third-order valence-corrected chi connectivity index (χ3v) is 1.73. The summed E-state index contributed by atoms with van der Waals surface area (Å²) in [6.45, 7) is 0. The number of hydrogen-bond donors (Lipinski definition) is 1. The highest BCUT2D eigenvalue weighted by Gasteiger charge is 1.91. The van der Waals surface area contributed by atoms with Crippen molar-refractivity contribution in [2.24, 2.45) is 0 Å². The monoisotopic (exact) mass is 166 g/mol. The van der Waals surface area contributed by atoms with E-state index in [-0.39, 0.29) is 0 Å². The average molecular weight is 166 g/mol. The van der Waals surface area contributed by atoms with Crippen LogP contribution in [0.5, 0.6) is 5.75 Å². The molecule has 0 heterocycles. The number of benzene rings is 1. The molecule has 0 aromatic heterocycles. The molecule has 0 bridgehead atoms. The van der Waals surface area contributed by atoms with Gasteiger partial charge in [0.25, 0.3) is 0 Å². The summed E-state index contributed by atoms with van der Waals surface area (Å²) in [4.78, 5) is 0. The minimum atomic E-state index is 0.331. The van der Waals surface area contributed by atoms with Gasteiger partial charge in [-0.3, -0.25) is 0 Å². The number of phenolic OH excluding ortho intramolecular Hbond substituents is 1. The Bertz CT molecular complexity index is 255. The van der Waals surface area contributed by atoms with Crippen LogP contribution in [-0.2, 0) is 0 Å². The smallest absolute Gasteiger partial charge is 0.122 e. The molecule has 0 aliphatic heterocycles. The minimum Gasteiger partial charge on any atom is -0.507 e. The van der Waals surface area contributed by atoms with Crippen LogP contribution < -0.4 is 0 Å². The van der Waals surface area contributed by atoms with Crippen molar-refractivity contribution in [2.45, 2.75) is 0 Å². The molecule has 1 rings (SSSR count). The predicted molar refractivity (Wildman–Crippen MR) is 50.7 cm³/mol. The molecule has 0 fully saturated rings. The van der Waals surface area contributed by atoms with Crippen LogP contribution in [0.2, 0.25) is 0 Å². The summed E-state index contributed by atoms with van der Waals surface area (Å²) < 4.78 is 0. The highest BCUT2D eigenvalue weighted by atomic mass is 32.2. The van der Waals surface area contributed by atoms with E-state index < -0.39 is 0 Å². The van der Waals surface area contributed by atoms with Crippen molar-refractivity contribution in [3.05, 3.63) is 35.2 Å². The fourth-order valence-electron chi connectivity index (χ4n) is 0.770. The Morgan fingerprint density at radius 3 is 2.73 bits per heavy atom. The summed E-state index contributed by atoms with van der Waals surface area (Å²) in [6, 6.07) is 7.27. The molecule has 0 radical (unpaired) electrons. The normalized spacial score (nSPS) is 10.6. The lowest BCUT2D eigenvalue weighted by Gasteiger charge is -1.95. The van der Waals surface area contributed by atoms with Crippen molar-refractivity contribution >= 4 is 17.8 Å². The molecular formula is C9H10OS. The molecule has 0 saturated carbocycles. The van der Waals surface area contributed by atoms with E-state index in [1.807, 2.05) is 35.9 Å². The number of para-hydroxylation sites is 1. The van der Waals surface area contributed by atoms with E-state index in [0.29, 0.717) is 5.75 Å². The Labute approximate surface area is 70.8 Å². The van der Waals surface area contributed by atoms with E-state index in [1.165, 1.54) is 0 Å². The minimum absolute atomic E-state index is 0.331. The molecule has 0 unspecified atom stereocenters. The first-order chi connectivity index (χ1) is 5.34. The number of rotatable bonds is 2. The van der Waals surface area contributed by atoms with E-state index >= 15 is 0 Å². The first-order valence-corrected chi connectivity index (χ1v) is 4.60. The largest absolute Gasteiger partial charge is 0.507 e. The first-order valence-electron chi connectivity index (χ1n) is 3.32. The number of aromatic hydroxyl groups is 1. The Morgan fingerprint density at radius 1 is 1.36 bits per heavy atom. The maximum atomic E-state index is 9.28. The van der Waals surface area contributed by atoms with Crippen LogP contribution in [-0.4, -0.2) is 11.4 Å². The Kier molecular flexibility index (Phi) is 3.05. The summed E-state index contributed by atoms with van der Waals surface area (Å²) >= 11 is 1.61. The SMILES string of the molecule is CS/C=C/c1ccccc1O. The second-order valence-corrected chi connectivity index (χ2v) is 2.84. The third-order valence-electron chi connectivity index (χ3n) is 1.32. The highest BCUT2D eigenvalue weighted by molar-refractivity contribution is 8.01. The predicted octanol–water partition coefficient (Wildman–Crippen LogP) is 2.73. The molecule has 1 N–H and O–H groups in total. The van der Waals surface area contributed by atoms with Crippen LogP contribution >= 0.6 is 11.8 Å². The Hall–Kier alpha value is -0.890. The van der Waals surface area contributed by atoms with Gasteiger partial charge in [-0.1, -0.05) is 18.2 Å². The van der Waals surface area contributed by atoms with E-state index in [0.717, 1.165) is 5.56 Å². The van der Waals surface area contributed by atoms with Crippen molar-refractivity contribution in [1.82, 2.24) is 0 Å². The molecule has 0 aliphatic carbocycles. The second-order valence-electron chi connectivity index (χ2n) is 2.10. The van der Waals surface area contributed by atoms with Gasteiger partial charge in [-0.25, -0.2) is 0 Å². The van der Waals surface area contributed by atoms with Crippen LogP contribution in [0.15, 0.2) is 29.7 Å². The van der Waals surface area contributed by atoms with Crippen molar-refractivity contribution in [2.75, 3.05) is 6.26 Å². The molecule has 58 valence electrons. The summed E-state index contributed by atoms with van der Waals surface area (Å²) in [5.74, 6) is 0.331. The fraction of sp³-hybridized carbons (Fsp3) is 0.111. The average Bonchev–Trinajstić information content (AvgIpc) is 2.03. The number of phenols is 1. The van der Waals surface area contributed by atoms with Crippen molar-refractivity contribution in [3.63, 3.8) is 0 Å². The molecule has 11 heavy (non-hydrogen) atoms. The zero-order valence-electron chi connectivity index (χ0n) is 6.32. The molecular weight excluding hydrogens is 156 g/mol. The summed E-state index contributed by atoms with van der Waals surface area (Å²) in [5, 5.41) is 11.2. The quantitative estimate of drug-likeness (QED) is 0.729. The molecule has 1 aromatic rings. The van der Waals surface area contributed by atoms with Crippen LogP contribution in [0.4, 0.5) is 0 Å². The van der Waals surface area contributed by atoms with E-state index in [1.54, 1.807) is 17.8 Å². The summed E-state index contributed by atoms with van der Waals surface area (Å²) in [7, 11) is 0. The lowest BCUT2D eigenvalue weighted by Crippen LogP contribution is -1.70. The van der Waals surface area contributed by atoms with Crippen LogP contribution in [0.1, 0.15) is 5.56 Å². The topological polar surface area (TPSA) is 20.2 Å². The van der Waals surface area contributed by atoms with Gasteiger partial charge in [-0.2, -0.15) is 0 Å². The summed E-state index contributed by atoms with van der Waals surface area (Å²) in [5.41, 5.74) is 0.863. The molecule has 0 atom stereocenters. The maximum absolute atomic E-state index is 9.28. The fourth-order valence-corrected chi connectivity index (χ4v) is 1.05. The third kappa shape index (κ3) is 2.31. The van der Waals surface area contributed by atoms with Gasteiger partial charge in [0.15, 0.2) is 0 Å².